The number of carbonyl (C=O) groups is 1. The number of para-hydroxylation sites is 1. The van der Waals surface area contributed by atoms with Gasteiger partial charge in [-0.2, -0.15) is 0 Å². The molecule has 0 fully saturated rings. The van der Waals surface area contributed by atoms with Gasteiger partial charge in [-0.05, 0) is 42.7 Å². The number of carbonyl (C=O) groups excluding carboxylic acids is 1. The molecule has 0 aliphatic rings. The maximum Gasteiger partial charge on any atom is 0.223 e. The number of fused-ring (bicyclic) bond motifs is 1. The van der Waals surface area contributed by atoms with Crippen LogP contribution < -0.4 is 10.1 Å². The van der Waals surface area contributed by atoms with Crippen LogP contribution >= 0.6 is 0 Å². The highest BCUT2D eigenvalue weighted by Gasteiger charge is 2.13. The van der Waals surface area contributed by atoms with Crippen LogP contribution in [0.15, 0.2) is 60.8 Å². The first kappa shape index (κ1) is 18.8. The van der Waals surface area contributed by atoms with Gasteiger partial charge in [-0.1, -0.05) is 37.3 Å². The first-order valence-electron chi connectivity index (χ1n) is 9.12. The number of benzene rings is 2. The van der Waals surface area contributed by atoms with Crippen molar-refractivity contribution in [3.8, 4) is 5.75 Å². The Morgan fingerprint density at radius 2 is 2.00 bits per heavy atom. The van der Waals surface area contributed by atoms with Crippen molar-refractivity contribution in [3.63, 3.8) is 0 Å². The second-order valence-corrected chi connectivity index (χ2v) is 6.56. The summed E-state index contributed by atoms with van der Waals surface area (Å²) < 4.78 is 19.0. The summed E-state index contributed by atoms with van der Waals surface area (Å²) in [6.07, 6.45) is 2.96. The van der Waals surface area contributed by atoms with Crippen LogP contribution in [0.5, 0.6) is 5.75 Å². The SMILES string of the molecule is CC(Cc1cccc(F)c1)C(=O)NCCCOc1cccc2cccnc12. The second kappa shape index (κ2) is 9.12. The number of aromatic nitrogens is 1. The average molecular weight is 366 g/mol. The third-order valence-electron chi connectivity index (χ3n) is 4.35. The van der Waals surface area contributed by atoms with Crippen LogP contribution in [0.1, 0.15) is 18.9 Å². The van der Waals surface area contributed by atoms with E-state index < -0.39 is 0 Å². The van der Waals surface area contributed by atoms with Crippen LogP contribution in [-0.2, 0) is 11.2 Å². The van der Waals surface area contributed by atoms with Crippen molar-refractivity contribution in [1.82, 2.24) is 10.3 Å². The van der Waals surface area contributed by atoms with Crippen molar-refractivity contribution in [1.29, 1.82) is 0 Å². The van der Waals surface area contributed by atoms with Gasteiger partial charge in [0.1, 0.15) is 17.1 Å². The Hall–Kier alpha value is -2.95. The largest absolute Gasteiger partial charge is 0.491 e. The lowest BCUT2D eigenvalue weighted by Gasteiger charge is -2.13. The number of hydrogen-bond acceptors (Lipinski definition) is 3. The Bertz CT molecular complexity index is 908. The van der Waals surface area contributed by atoms with Gasteiger partial charge < -0.3 is 10.1 Å². The van der Waals surface area contributed by atoms with Crippen molar-refractivity contribution in [2.24, 2.45) is 5.92 Å². The number of hydrogen-bond donors (Lipinski definition) is 1. The molecule has 1 heterocycles. The van der Waals surface area contributed by atoms with Crippen molar-refractivity contribution in [2.75, 3.05) is 13.2 Å². The van der Waals surface area contributed by atoms with Gasteiger partial charge in [-0.3, -0.25) is 9.78 Å². The van der Waals surface area contributed by atoms with Crippen LogP contribution in [0.3, 0.4) is 0 Å². The highest BCUT2D eigenvalue weighted by atomic mass is 19.1. The van der Waals surface area contributed by atoms with Crippen molar-refractivity contribution >= 4 is 16.8 Å². The predicted octanol–water partition coefficient (Wildman–Crippen LogP) is 4.14. The monoisotopic (exact) mass is 366 g/mol. The standard InChI is InChI=1S/C22H23FN2O2/c1-16(14-17-6-2-9-19(23)15-17)22(26)25-12-5-13-27-20-10-3-7-18-8-4-11-24-21(18)20/h2-4,6-11,15-16H,5,12-14H2,1H3,(H,25,26). The summed E-state index contributed by atoms with van der Waals surface area (Å²) in [5.41, 5.74) is 1.66. The molecule has 3 aromatic rings. The summed E-state index contributed by atoms with van der Waals surface area (Å²) in [7, 11) is 0. The van der Waals surface area contributed by atoms with E-state index in [1.54, 1.807) is 12.3 Å². The van der Waals surface area contributed by atoms with Crippen LogP contribution in [0.25, 0.3) is 10.9 Å². The predicted molar refractivity (Wildman–Crippen MR) is 104 cm³/mol. The number of rotatable bonds is 8. The van der Waals surface area contributed by atoms with Gasteiger partial charge in [0.15, 0.2) is 0 Å². The van der Waals surface area contributed by atoms with E-state index >= 15 is 0 Å². The van der Waals surface area contributed by atoms with Crippen LogP contribution in [0, 0.1) is 11.7 Å². The lowest BCUT2D eigenvalue weighted by molar-refractivity contribution is -0.124. The Morgan fingerprint density at radius 3 is 2.85 bits per heavy atom. The van der Waals surface area contributed by atoms with E-state index in [1.807, 2.05) is 43.3 Å². The smallest absolute Gasteiger partial charge is 0.223 e. The Labute approximate surface area is 158 Å². The van der Waals surface area contributed by atoms with E-state index in [9.17, 15) is 9.18 Å². The van der Waals surface area contributed by atoms with Crippen molar-refractivity contribution < 1.29 is 13.9 Å². The average Bonchev–Trinajstić information content (AvgIpc) is 2.67. The number of halogens is 1. The van der Waals surface area contributed by atoms with Gasteiger partial charge in [0.05, 0.1) is 6.61 Å². The second-order valence-electron chi connectivity index (χ2n) is 6.56. The summed E-state index contributed by atoms with van der Waals surface area (Å²) >= 11 is 0. The Kier molecular flexibility index (Phi) is 6.36. The van der Waals surface area contributed by atoms with Crippen molar-refractivity contribution in [3.05, 3.63) is 72.2 Å². The maximum atomic E-state index is 13.2. The quantitative estimate of drug-likeness (QED) is 0.610. The topological polar surface area (TPSA) is 51.2 Å². The first-order chi connectivity index (χ1) is 13.1. The van der Waals surface area contributed by atoms with E-state index in [0.717, 1.165) is 22.2 Å². The van der Waals surface area contributed by atoms with Gasteiger partial charge in [0.2, 0.25) is 5.91 Å². The molecule has 4 nitrogen and oxygen atoms in total. The first-order valence-corrected chi connectivity index (χ1v) is 9.12. The molecule has 1 aromatic heterocycles. The highest BCUT2D eigenvalue weighted by Crippen LogP contribution is 2.22. The summed E-state index contributed by atoms with van der Waals surface area (Å²) in [5, 5.41) is 3.95. The fraction of sp³-hybridized carbons (Fsp3) is 0.273. The summed E-state index contributed by atoms with van der Waals surface area (Å²) in [5.74, 6) is 0.222. The molecule has 1 unspecified atom stereocenters. The molecule has 0 aliphatic carbocycles. The lowest BCUT2D eigenvalue weighted by Crippen LogP contribution is -2.31. The van der Waals surface area contributed by atoms with E-state index in [4.69, 9.17) is 4.74 Å². The molecule has 0 saturated heterocycles. The molecule has 5 heteroatoms. The number of amides is 1. The number of pyridine rings is 1. The zero-order chi connectivity index (χ0) is 19.1. The molecular formula is C22H23FN2O2. The Balaban J connectivity index is 1.41. The fourth-order valence-electron chi connectivity index (χ4n) is 2.94. The van der Waals surface area contributed by atoms with Crippen LogP contribution in [0.4, 0.5) is 4.39 Å². The van der Waals surface area contributed by atoms with Crippen molar-refractivity contribution in [2.45, 2.75) is 19.8 Å². The molecule has 1 amide bonds. The van der Waals surface area contributed by atoms with Gasteiger partial charge >= 0.3 is 0 Å². The van der Waals surface area contributed by atoms with Gasteiger partial charge in [0, 0.05) is 24.0 Å². The minimum Gasteiger partial charge on any atom is -0.491 e. The molecule has 140 valence electrons. The normalized spacial score (nSPS) is 11.9. The minimum atomic E-state index is -0.278. The third kappa shape index (κ3) is 5.26. The summed E-state index contributed by atoms with van der Waals surface area (Å²) in [4.78, 5) is 16.5. The molecule has 0 bridgehead atoms. The van der Waals surface area contributed by atoms with E-state index in [0.29, 0.717) is 26.0 Å². The molecule has 0 spiro atoms. The lowest BCUT2D eigenvalue weighted by atomic mass is 10.0. The molecule has 0 saturated carbocycles. The third-order valence-corrected chi connectivity index (χ3v) is 4.35. The maximum absolute atomic E-state index is 13.2. The van der Waals surface area contributed by atoms with Gasteiger partial charge in [0.25, 0.3) is 0 Å². The zero-order valence-corrected chi connectivity index (χ0v) is 15.3. The van der Waals surface area contributed by atoms with E-state index in [-0.39, 0.29) is 17.6 Å². The molecule has 1 atom stereocenters. The molecule has 27 heavy (non-hydrogen) atoms. The highest BCUT2D eigenvalue weighted by molar-refractivity contribution is 5.84. The molecule has 2 aromatic carbocycles. The Morgan fingerprint density at radius 1 is 1.19 bits per heavy atom. The van der Waals surface area contributed by atoms with Gasteiger partial charge in [-0.15, -0.1) is 0 Å². The summed E-state index contributed by atoms with van der Waals surface area (Å²) in [6, 6.07) is 16.1. The zero-order valence-electron chi connectivity index (χ0n) is 15.3. The number of nitrogens with zero attached hydrogens (tertiary/aromatic N) is 1. The fourth-order valence-corrected chi connectivity index (χ4v) is 2.94. The molecule has 0 radical (unpaired) electrons. The number of ether oxygens (including phenoxy) is 1. The molecular weight excluding hydrogens is 343 g/mol. The number of nitrogens with one attached hydrogen (secondary N) is 1. The van der Waals surface area contributed by atoms with Crippen LogP contribution in [-0.4, -0.2) is 24.0 Å². The molecule has 0 aliphatic heterocycles. The van der Waals surface area contributed by atoms with Gasteiger partial charge in [-0.25, -0.2) is 4.39 Å². The minimum absolute atomic E-state index is 0.0360. The molecule has 1 N–H and O–H groups in total. The van der Waals surface area contributed by atoms with E-state index in [1.165, 1.54) is 12.1 Å². The van der Waals surface area contributed by atoms with E-state index in [2.05, 4.69) is 10.3 Å². The van der Waals surface area contributed by atoms with Crippen LogP contribution in [0.2, 0.25) is 0 Å². The summed E-state index contributed by atoms with van der Waals surface area (Å²) in [6.45, 7) is 2.87. The molecule has 3 rings (SSSR count).